The van der Waals surface area contributed by atoms with Crippen LogP contribution in [0.3, 0.4) is 0 Å². The normalized spacial score (nSPS) is 18.6. The third-order valence-corrected chi connectivity index (χ3v) is 2.88. The maximum atomic E-state index is 11.8. The van der Waals surface area contributed by atoms with E-state index in [1.165, 1.54) is 11.9 Å². The fourth-order valence-corrected chi connectivity index (χ4v) is 1.87. The molecule has 0 aromatic heterocycles. The molecule has 0 aliphatic carbocycles. The highest BCUT2D eigenvalue weighted by Crippen LogP contribution is 2.15. The van der Waals surface area contributed by atoms with Crippen molar-refractivity contribution in [2.45, 2.75) is 12.6 Å². The molecule has 0 bridgehead atoms. The number of urea groups is 1. The number of hydrogen-bond acceptors (Lipinski definition) is 4. The van der Waals surface area contributed by atoms with Gasteiger partial charge in [0.15, 0.2) is 0 Å². The van der Waals surface area contributed by atoms with Crippen molar-refractivity contribution >= 4 is 18.4 Å². The summed E-state index contributed by atoms with van der Waals surface area (Å²) in [6.45, 7) is 0.265. The molecule has 1 saturated heterocycles. The van der Waals surface area contributed by atoms with Crippen LogP contribution < -0.4 is 0 Å². The molecule has 0 saturated carbocycles. The van der Waals surface area contributed by atoms with Crippen LogP contribution in [0.1, 0.15) is 5.56 Å². The van der Waals surface area contributed by atoms with Crippen molar-refractivity contribution in [2.75, 3.05) is 13.6 Å². The quantitative estimate of drug-likeness (QED) is 0.769. The number of amides is 3. The Morgan fingerprint density at radius 1 is 1.42 bits per heavy atom. The van der Waals surface area contributed by atoms with Crippen LogP contribution in [0, 0.1) is 0 Å². The van der Waals surface area contributed by atoms with Gasteiger partial charge in [-0.15, -0.1) is 0 Å². The van der Waals surface area contributed by atoms with Crippen molar-refractivity contribution in [3.05, 3.63) is 35.9 Å². The standard InChI is InChI=1S/C13H14N2O4/c1-14-7-11(8-16)15(12(14)17)13(18)19-9-10-5-3-2-4-6-10/h2-6,8,11H,7,9H2,1H3. The van der Waals surface area contributed by atoms with Crippen molar-refractivity contribution in [3.8, 4) is 0 Å². The minimum absolute atomic E-state index is 0.0682. The molecule has 100 valence electrons. The van der Waals surface area contributed by atoms with E-state index in [2.05, 4.69) is 0 Å². The number of benzene rings is 1. The van der Waals surface area contributed by atoms with Crippen molar-refractivity contribution < 1.29 is 19.1 Å². The molecule has 1 aromatic carbocycles. The largest absolute Gasteiger partial charge is 0.444 e. The van der Waals surface area contributed by atoms with Crippen LogP contribution >= 0.6 is 0 Å². The number of hydrogen-bond donors (Lipinski definition) is 0. The second-order valence-electron chi connectivity index (χ2n) is 4.28. The Kier molecular flexibility index (Phi) is 3.79. The molecule has 1 atom stereocenters. The number of rotatable bonds is 3. The third kappa shape index (κ3) is 2.73. The Bertz CT molecular complexity index is 489. The molecule has 1 aromatic rings. The smallest absolute Gasteiger partial charge is 0.419 e. The average Bonchev–Trinajstić information content (AvgIpc) is 2.73. The van der Waals surface area contributed by atoms with Gasteiger partial charge in [-0.2, -0.15) is 0 Å². The highest BCUT2D eigenvalue weighted by molar-refractivity contribution is 5.96. The van der Waals surface area contributed by atoms with Gasteiger partial charge in [0.2, 0.25) is 0 Å². The van der Waals surface area contributed by atoms with E-state index >= 15 is 0 Å². The Labute approximate surface area is 110 Å². The van der Waals surface area contributed by atoms with E-state index in [0.717, 1.165) is 10.5 Å². The predicted molar refractivity (Wildman–Crippen MR) is 66.3 cm³/mol. The maximum Gasteiger partial charge on any atom is 0.419 e. The first-order valence-electron chi connectivity index (χ1n) is 5.84. The first-order valence-corrected chi connectivity index (χ1v) is 5.84. The number of carbonyl (C=O) groups excluding carboxylic acids is 3. The molecule has 3 amide bonds. The number of aldehydes is 1. The lowest BCUT2D eigenvalue weighted by Crippen LogP contribution is -2.40. The summed E-state index contributed by atoms with van der Waals surface area (Å²) in [5.41, 5.74) is 0.818. The van der Waals surface area contributed by atoms with Gasteiger partial charge < -0.3 is 14.4 Å². The lowest BCUT2D eigenvalue weighted by atomic mass is 10.2. The first-order chi connectivity index (χ1) is 9.13. The van der Waals surface area contributed by atoms with Gasteiger partial charge in [-0.05, 0) is 5.56 Å². The Morgan fingerprint density at radius 2 is 2.11 bits per heavy atom. The van der Waals surface area contributed by atoms with E-state index in [4.69, 9.17) is 4.74 Å². The number of nitrogens with zero attached hydrogens (tertiary/aromatic N) is 2. The summed E-state index contributed by atoms with van der Waals surface area (Å²) >= 11 is 0. The molecule has 2 rings (SSSR count). The van der Waals surface area contributed by atoms with Gasteiger partial charge in [-0.1, -0.05) is 30.3 Å². The van der Waals surface area contributed by atoms with Crippen molar-refractivity contribution in [3.63, 3.8) is 0 Å². The number of likely N-dealkylation sites (N-methyl/N-ethyl adjacent to an activating group) is 1. The fourth-order valence-electron chi connectivity index (χ4n) is 1.87. The minimum Gasteiger partial charge on any atom is -0.444 e. The SMILES string of the molecule is CN1CC(C=O)N(C(=O)OCc2ccccc2)C1=O. The van der Waals surface area contributed by atoms with E-state index in [1.54, 1.807) is 0 Å². The van der Waals surface area contributed by atoms with Gasteiger partial charge >= 0.3 is 12.1 Å². The zero-order valence-electron chi connectivity index (χ0n) is 10.5. The molecule has 1 unspecified atom stereocenters. The summed E-state index contributed by atoms with van der Waals surface area (Å²) in [5.74, 6) is 0. The molecule has 0 radical (unpaired) electrons. The van der Waals surface area contributed by atoms with Crippen LogP contribution in [0.5, 0.6) is 0 Å². The topological polar surface area (TPSA) is 66.9 Å². The van der Waals surface area contributed by atoms with Crippen molar-refractivity contribution in [1.82, 2.24) is 9.80 Å². The molecule has 1 aliphatic rings. The van der Waals surface area contributed by atoms with Crippen LogP contribution in [0.25, 0.3) is 0 Å². The lowest BCUT2D eigenvalue weighted by molar-refractivity contribution is -0.110. The van der Waals surface area contributed by atoms with E-state index in [0.29, 0.717) is 6.29 Å². The highest BCUT2D eigenvalue weighted by atomic mass is 16.6. The second-order valence-corrected chi connectivity index (χ2v) is 4.28. The van der Waals surface area contributed by atoms with E-state index in [-0.39, 0.29) is 13.2 Å². The summed E-state index contributed by atoms with van der Waals surface area (Å²) in [7, 11) is 1.53. The summed E-state index contributed by atoms with van der Waals surface area (Å²) in [6, 6.07) is 7.83. The number of ether oxygens (including phenoxy) is 1. The lowest BCUT2D eigenvalue weighted by Gasteiger charge is -2.16. The minimum atomic E-state index is -0.796. The summed E-state index contributed by atoms with van der Waals surface area (Å²) in [6.07, 6.45) is -0.221. The Morgan fingerprint density at radius 3 is 2.74 bits per heavy atom. The van der Waals surface area contributed by atoms with Crippen LogP contribution in [-0.4, -0.2) is 47.8 Å². The summed E-state index contributed by atoms with van der Waals surface area (Å²) in [5, 5.41) is 0. The van der Waals surface area contributed by atoms with Gasteiger partial charge in [-0.25, -0.2) is 14.5 Å². The zero-order chi connectivity index (χ0) is 13.8. The molecule has 6 nitrogen and oxygen atoms in total. The first kappa shape index (κ1) is 13.1. The van der Waals surface area contributed by atoms with Crippen LogP contribution in [0.15, 0.2) is 30.3 Å². The van der Waals surface area contributed by atoms with E-state index < -0.39 is 18.2 Å². The molecule has 1 aliphatic heterocycles. The summed E-state index contributed by atoms with van der Waals surface area (Å²) in [4.78, 5) is 36.6. The predicted octanol–water partition coefficient (Wildman–Crippen LogP) is 1.26. The summed E-state index contributed by atoms with van der Waals surface area (Å²) < 4.78 is 5.04. The average molecular weight is 262 g/mol. The van der Waals surface area contributed by atoms with Crippen molar-refractivity contribution in [1.29, 1.82) is 0 Å². The van der Waals surface area contributed by atoms with Gasteiger partial charge in [-0.3, -0.25) is 0 Å². The van der Waals surface area contributed by atoms with E-state index in [1.807, 2.05) is 30.3 Å². The fraction of sp³-hybridized carbons (Fsp3) is 0.308. The van der Waals surface area contributed by atoms with Gasteiger partial charge in [0, 0.05) is 7.05 Å². The van der Waals surface area contributed by atoms with Gasteiger partial charge in [0.05, 0.1) is 6.54 Å². The zero-order valence-corrected chi connectivity index (χ0v) is 10.5. The van der Waals surface area contributed by atoms with Crippen LogP contribution in [0.4, 0.5) is 9.59 Å². The maximum absolute atomic E-state index is 11.8. The molecule has 19 heavy (non-hydrogen) atoms. The van der Waals surface area contributed by atoms with Crippen LogP contribution in [-0.2, 0) is 16.1 Å². The van der Waals surface area contributed by atoms with E-state index in [9.17, 15) is 14.4 Å². The second kappa shape index (κ2) is 5.51. The van der Waals surface area contributed by atoms with Crippen molar-refractivity contribution in [2.24, 2.45) is 0 Å². The Hall–Kier alpha value is -2.37. The van der Waals surface area contributed by atoms with Gasteiger partial charge in [0.25, 0.3) is 0 Å². The Balaban J connectivity index is 1.99. The molecule has 0 spiro atoms. The number of carbonyl (C=O) groups is 3. The van der Waals surface area contributed by atoms with Crippen LogP contribution in [0.2, 0.25) is 0 Å². The molecule has 1 fully saturated rings. The molecule has 1 heterocycles. The highest BCUT2D eigenvalue weighted by Gasteiger charge is 2.40. The molecule has 6 heteroatoms. The molecular formula is C13H14N2O4. The molecular weight excluding hydrogens is 248 g/mol. The number of imide groups is 1. The van der Waals surface area contributed by atoms with Gasteiger partial charge in [0.1, 0.15) is 18.9 Å². The third-order valence-electron chi connectivity index (χ3n) is 2.88. The molecule has 0 N–H and O–H groups in total. The monoisotopic (exact) mass is 262 g/mol.